The summed E-state index contributed by atoms with van der Waals surface area (Å²) < 4.78 is 35.2. The molecule has 5 heterocycles. The van der Waals surface area contributed by atoms with E-state index in [1.807, 2.05) is 18.2 Å². The van der Waals surface area contributed by atoms with Crippen molar-refractivity contribution in [2.45, 2.75) is 157 Å². The van der Waals surface area contributed by atoms with E-state index in [9.17, 15) is 42.7 Å². The Bertz CT molecular complexity index is 3780. The first-order chi connectivity index (χ1) is 46.1. The molecule has 0 spiro atoms. The largest absolute Gasteiger partial charge is 0.497 e. The highest BCUT2D eigenvalue weighted by atomic mass is 32.2. The summed E-state index contributed by atoms with van der Waals surface area (Å²) in [6.07, 6.45) is 3.40. The topological polar surface area (TPSA) is 331 Å². The van der Waals surface area contributed by atoms with E-state index >= 15 is 14.4 Å². The zero-order chi connectivity index (χ0) is 68.6. The number of carbonyl (C=O) groups excluding carboxylic acids is 9. The van der Waals surface area contributed by atoms with Crippen LogP contribution in [0.3, 0.4) is 0 Å². The molecule has 27 heteroatoms. The molecule has 9 atom stereocenters. The molecule has 12 N–H and O–H groups in total. The van der Waals surface area contributed by atoms with Crippen molar-refractivity contribution >= 4 is 98.5 Å². The molecule has 0 saturated carbocycles. The Morgan fingerprint density at radius 3 is 1.93 bits per heavy atom. The van der Waals surface area contributed by atoms with Gasteiger partial charge in [0.15, 0.2) is 0 Å². The average molecular weight is 1360 g/mol. The van der Waals surface area contributed by atoms with E-state index in [0.29, 0.717) is 106 Å². The van der Waals surface area contributed by atoms with Crippen molar-refractivity contribution < 1.29 is 61.8 Å². The Morgan fingerprint density at radius 2 is 1.28 bits per heavy atom. The number of nitrogens with zero attached hydrogens (tertiary/aromatic N) is 2. The number of rotatable bonds is 12. The minimum Gasteiger partial charge on any atom is -0.497 e. The molecule has 9 rings (SSSR count). The standard InChI is InChI=1S/C69H86F2N12O11S2/c1-40-61(86)78-55(32-45-36-74-52-20-16-47(70)34-50(45)52)63(88)79-57(33-46-37-75-53-21-17-48(71)35-51(46)53)66(91)82-26-8-13-58(82)64(89)81-60(41(2)84)65(90)80-56(31-42-14-18-49(94-4)19-15-42)67(92)83-27-9-23-69(83,3)68(93)73-25-29-96-39-44-11-7-10-43(30-44)38-95-28-22-59(85)77-54(62(87)76-40)12-5-6-24-72/h7,10-11,14-21,30,34-37,40-41,54-58,60,74-75,84H,5-6,8-9,12-13,22-29,31-33,38-39,72H2,1-4H3,(H,73,93)(H,76,87)(H,77,85)(H,78,86)(H,79,88)(H,80,90)(H,81,89)/t40-,41+,54+,55+,56+,57+,58-,60+,69+/m1/s1. The zero-order valence-corrected chi connectivity index (χ0v) is 56.0. The van der Waals surface area contributed by atoms with Crippen LogP contribution in [0.1, 0.15) is 100.0 Å². The highest BCUT2D eigenvalue weighted by Gasteiger charge is 2.48. The maximum atomic E-state index is 15.4. The number of aromatic amines is 2. The zero-order valence-electron chi connectivity index (χ0n) is 54.4. The van der Waals surface area contributed by atoms with Crippen LogP contribution in [0.2, 0.25) is 0 Å². The molecule has 2 aromatic heterocycles. The molecule has 3 aliphatic heterocycles. The van der Waals surface area contributed by atoms with Gasteiger partial charge in [0.2, 0.25) is 53.2 Å². The van der Waals surface area contributed by atoms with E-state index in [1.165, 1.54) is 67.2 Å². The van der Waals surface area contributed by atoms with Crippen molar-refractivity contribution in [3.63, 3.8) is 0 Å². The van der Waals surface area contributed by atoms with Crippen LogP contribution in [-0.4, -0.2) is 177 Å². The number of benzene rings is 4. The number of methoxy groups -OCH3 is 1. The average Bonchev–Trinajstić information content (AvgIpc) is 1.56. The van der Waals surface area contributed by atoms with Crippen molar-refractivity contribution in [2.24, 2.45) is 5.73 Å². The highest BCUT2D eigenvalue weighted by Crippen LogP contribution is 2.32. The first-order valence-electron chi connectivity index (χ1n) is 32.6. The Hall–Kier alpha value is -8.53. The summed E-state index contributed by atoms with van der Waals surface area (Å²) in [5.41, 5.74) is 9.03. The van der Waals surface area contributed by atoms with Gasteiger partial charge in [0.1, 0.15) is 65.2 Å². The van der Waals surface area contributed by atoms with Gasteiger partial charge in [-0.1, -0.05) is 36.4 Å². The van der Waals surface area contributed by atoms with Gasteiger partial charge in [-0.05, 0) is 149 Å². The molecule has 23 nitrogen and oxygen atoms in total. The van der Waals surface area contributed by atoms with Crippen LogP contribution < -0.4 is 47.7 Å². The van der Waals surface area contributed by atoms with E-state index in [1.54, 1.807) is 67.1 Å². The van der Waals surface area contributed by atoms with Crippen LogP contribution in [0.15, 0.2) is 97.3 Å². The summed E-state index contributed by atoms with van der Waals surface area (Å²) in [6, 6.07) is 13.2. The number of halogens is 2. The summed E-state index contributed by atoms with van der Waals surface area (Å²) in [5.74, 6) is -4.68. The predicted molar refractivity (Wildman–Crippen MR) is 363 cm³/mol. The molecular weight excluding hydrogens is 1270 g/mol. The molecule has 3 aliphatic rings. The molecule has 9 amide bonds. The summed E-state index contributed by atoms with van der Waals surface area (Å²) in [4.78, 5) is 140. The number of nitrogens with one attached hydrogen (secondary N) is 9. The van der Waals surface area contributed by atoms with E-state index in [2.05, 4.69) is 53.3 Å². The number of aliphatic hydroxyl groups is 1. The quantitative estimate of drug-likeness (QED) is 0.0754. The predicted octanol–water partition coefficient (Wildman–Crippen LogP) is 4.46. The lowest BCUT2D eigenvalue weighted by atomic mass is 9.95. The Kier molecular flexibility index (Phi) is 25.0. The van der Waals surface area contributed by atoms with E-state index in [-0.39, 0.29) is 69.8 Å². The Morgan fingerprint density at radius 1 is 0.667 bits per heavy atom. The smallest absolute Gasteiger partial charge is 0.246 e. The number of aliphatic hydroxyl groups excluding tert-OH is 1. The fraction of sp³-hybridized carbons (Fsp3) is 0.464. The molecule has 0 aliphatic carbocycles. The maximum absolute atomic E-state index is 15.4. The summed E-state index contributed by atoms with van der Waals surface area (Å²) in [6.45, 7) is 5.19. The highest BCUT2D eigenvalue weighted by molar-refractivity contribution is 7.98. The maximum Gasteiger partial charge on any atom is 0.246 e. The molecule has 2 fully saturated rings. The molecule has 0 unspecified atom stereocenters. The van der Waals surface area contributed by atoms with Crippen molar-refractivity contribution in [2.75, 3.05) is 44.8 Å². The molecule has 2 bridgehead atoms. The van der Waals surface area contributed by atoms with Crippen LogP contribution in [-0.2, 0) is 73.9 Å². The molecule has 96 heavy (non-hydrogen) atoms. The number of nitrogens with two attached hydrogens (primary N) is 1. The second-order valence-electron chi connectivity index (χ2n) is 25.0. The monoisotopic (exact) mass is 1360 g/mol. The third-order valence-electron chi connectivity index (χ3n) is 18.0. The van der Waals surface area contributed by atoms with Crippen LogP contribution in [0, 0.1) is 11.6 Å². The first-order valence-corrected chi connectivity index (χ1v) is 34.9. The van der Waals surface area contributed by atoms with E-state index in [4.69, 9.17) is 10.5 Å². The number of carbonyl (C=O) groups is 9. The number of thioether (sulfide) groups is 2. The summed E-state index contributed by atoms with van der Waals surface area (Å²) in [5, 5.41) is 31.7. The number of ether oxygens (including phenoxy) is 1. The summed E-state index contributed by atoms with van der Waals surface area (Å²) >= 11 is 3.16. The third-order valence-corrected chi connectivity index (χ3v) is 20.0. The molecule has 4 aromatic carbocycles. The molecule has 6 aromatic rings. The number of H-pyrrole nitrogens is 2. The minimum atomic E-state index is -1.69. The van der Waals surface area contributed by atoms with Gasteiger partial charge in [0, 0.05) is 103 Å². The number of hydrogen-bond donors (Lipinski definition) is 11. The van der Waals surface area contributed by atoms with Crippen LogP contribution in [0.25, 0.3) is 21.8 Å². The van der Waals surface area contributed by atoms with Gasteiger partial charge in [-0.3, -0.25) is 43.2 Å². The second kappa shape index (κ2) is 33.4. The van der Waals surface area contributed by atoms with Gasteiger partial charge in [-0.15, -0.1) is 0 Å². The number of aromatic nitrogens is 2. The lowest BCUT2D eigenvalue weighted by Crippen LogP contribution is -2.63. The van der Waals surface area contributed by atoms with Gasteiger partial charge in [-0.25, -0.2) is 8.78 Å². The Balaban J connectivity index is 1.03. The van der Waals surface area contributed by atoms with E-state index in [0.717, 1.165) is 11.1 Å². The Labute approximate surface area is 564 Å². The molecule has 514 valence electrons. The fourth-order valence-corrected chi connectivity index (χ4v) is 14.3. The number of amides is 9. The van der Waals surface area contributed by atoms with E-state index < -0.39 is 107 Å². The van der Waals surface area contributed by atoms with Gasteiger partial charge in [0.05, 0.1) is 13.2 Å². The van der Waals surface area contributed by atoms with Crippen LogP contribution in [0.4, 0.5) is 8.78 Å². The van der Waals surface area contributed by atoms with Crippen LogP contribution in [0.5, 0.6) is 5.75 Å². The minimum absolute atomic E-state index is 0.0178. The van der Waals surface area contributed by atoms with Crippen molar-refractivity contribution in [3.05, 3.63) is 137 Å². The van der Waals surface area contributed by atoms with Crippen molar-refractivity contribution in [1.82, 2.24) is 57.0 Å². The lowest BCUT2D eigenvalue weighted by molar-refractivity contribution is -0.147. The SMILES string of the molecule is COc1ccc(C[C@@H]2NC(=O)[C@H]([C@H](C)O)NC(=O)[C@H]3CCCN3C(=O)[C@H](Cc3c[nH]c4ccc(F)cc34)NC(=O)[C@H](Cc3c[nH]c4ccc(F)cc34)NC(=O)[C@@H](C)NC(=O)[C@H](CCCCN)NC(=O)CCSCc3cccc(c3)CSCCNC(=O)[C@]3(C)CCCN3C2=O)cc1. The normalized spacial score (nSPS) is 24.4. The number of fused-ring (bicyclic) bond motifs is 6. The van der Waals surface area contributed by atoms with Gasteiger partial charge >= 0.3 is 0 Å². The molecule has 0 radical (unpaired) electrons. The molecular formula is C69H86F2N12O11S2. The van der Waals surface area contributed by atoms with Crippen molar-refractivity contribution in [1.29, 1.82) is 0 Å². The van der Waals surface area contributed by atoms with Crippen LogP contribution >= 0.6 is 23.5 Å². The van der Waals surface area contributed by atoms with Crippen molar-refractivity contribution in [3.8, 4) is 5.75 Å². The lowest BCUT2D eigenvalue weighted by Gasteiger charge is -2.37. The fourth-order valence-electron chi connectivity index (χ4n) is 12.6. The number of unbranched alkanes of at least 4 members (excludes halogenated alkanes) is 1. The number of hydrogen-bond acceptors (Lipinski definition) is 14. The molecule has 2 saturated heterocycles. The van der Waals surface area contributed by atoms with Gasteiger partial charge in [-0.2, -0.15) is 23.5 Å². The summed E-state index contributed by atoms with van der Waals surface area (Å²) in [7, 11) is 1.51. The van der Waals surface area contributed by atoms with Gasteiger partial charge < -0.3 is 72.6 Å². The van der Waals surface area contributed by atoms with Gasteiger partial charge in [0.25, 0.3) is 0 Å². The third kappa shape index (κ3) is 18.3. The second-order valence-corrected chi connectivity index (χ2v) is 27.2. The first kappa shape index (κ1) is 71.8.